The van der Waals surface area contributed by atoms with Crippen LogP contribution in [0.15, 0.2) is 36.7 Å². The minimum Gasteiger partial charge on any atom is -0.462 e. The van der Waals surface area contributed by atoms with E-state index in [2.05, 4.69) is 54.1 Å². The average Bonchev–Trinajstić information content (AvgIpc) is 3.32. The Labute approximate surface area is 207 Å². The first-order valence-corrected chi connectivity index (χ1v) is 13.4. The molecule has 1 aromatic carbocycles. The number of hydrogen-bond acceptors (Lipinski definition) is 4. The second-order valence-electron chi connectivity index (χ2n) is 11.3. The van der Waals surface area contributed by atoms with Crippen molar-refractivity contribution in [3.05, 3.63) is 64.7 Å². The predicted molar refractivity (Wildman–Crippen MR) is 135 cm³/mol. The molecule has 6 heteroatoms. The Hall–Kier alpha value is -2.89. The minimum absolute atomic E-state index is 0.217. The third-order valence-electron chi connectivity index (χ3n) is 8.38. The molecular weight excluding hydrogens is 436 g/mol. The van der Waals surface area contributed by atoms with Gasteiger partial charge in [-0.15, -0.1) is 0 Å². The van der Waals surface area contributed by atoms with Gasteiger partial charge in [-0.1, -0.05) is 32.4 Å². The molecule has 3 aliphatic rings. The van der Waals surface area contributed by atoms with E-state index in [1.165, 1.54) is 42.5 Å². The Balaban J connectivity index is 1.28. The fraction of sp³-hybridized carbons (Fsp3) is 0.552. The molecule has 3 aliphatic carbocycles. The van der Waals surface area contributed by atoms with Crippen molar-refractivity contribution in [2.75, 3.05) is 6.61 Å². The third-order valence-corrected chi connectivity index (χ3v) is 8.38. The lowest BCUT2D eigenvalue weighted by molar-refractivity contribution is 0.0525. The maximum atomic E-state index is 12.5. The number of hydrogen-bond donors (Lipinski definition) is 0. The summed E-state index contributed by atoms with van der Waals surface area (Å²) in [5, 5.41) is 9.53. The molecule has 0 saturated heterocycles. The molecule has 0 spiro atoms. The number of fused-ring (bicyclic) bond motifs is 1. The Morgan fingerprint density at radius 3 is 2.77 bits per heavy atom. The first-order valence-electron chi connectivity index (χ1n) is 13.4. The molecule has 2 heterocycles. The molecule has 2 fully saturated rings. The molecule has 2 atom stereocenters. The number of benzene rings is 1. The topological polar surface area (TPSA) is 61.9 Å². The van der Waals surface area contributed by atoms with E-state index in [0.717, 1.165) is 37.1 Å². The van der Waals surface area contributed by atoms with Gasteiger partial charge in [0.2, 0.25) is 0 Å². The molecule has 184 valence electrons. The summed E-state index contributed by atoms with van der Waals surface area (Å²) in [6.07, 6.45) is 13.1. The number of aromatic nitrogens is 4. The third kappa shape index (κ3) is 4.01. The maximum absolute atomic E-state index is 12.5. The Bertz CT molecular complexity index is 1250. The lowest BCUT2D eigenvalue weighted by atomic mass is 9.80. The van der Waals surface area contributed by atoms with Gasteiger partial charge in [0.1, 0.15) is 5.56 Å². The van der Waals surface area contributed by atoms with Crippen LogP contribution < -0.4 is 0 Å². The number of carbonyl (C=O) groups is 1. The maximum Gasteiger partial charge on any atom is 0.341 e. The molecule has 0 bridgehead atoms. The highest BCUT2D eigenvalue weighted by molar-refractivity contribution is 5.91. The van der Waals surface area contributed by atoms with Crippen LogP contribution >= 0.6 is 0 Å². The fourth-order valence-corrected chi connectivity index (χ4v) is 6.45. The van der Waals surface area contributed by atoms with E-state index in [9.17, 15) is 4.79 Å². The zero-order valence-corrected chi connectivity index (χ0v) is 21.2. The molecule has 0 amide bonds. The molecular formula is C29H36N4O2. The highest BCUT2D eigenvalue weighted by atomic mass is 16.5. The highest BCUT2D eigenvalue weighted by Gasteiger charge is 2.37. The van der Waals surface area contributed by atoms with Crippen LogP contribution in [0.5, 0.6) is 0 Å². The summed E-state index contributed by atoms with van der Waals surface area (Å²) in [6, 6.07) is 9.27. The van der Waals surface area contributed by atoms with Gasteiger partial charge in [-0.2, -0.15) is 10.2 Å². The Kier molecular flexibility index (Phi) is 5.58. The Morgan fingerprint density at radius 2 is 1.97 bits per heavy atom. The average molecular weight is 473 g/mol. The van der Waals surface area contributed by atoms with Crippen molar-refractivity contribution in [2.24, 2.45) is 0 Å². The summed E-state index contributed by atoms with van der Waals surface area (Å²) in [5.74, 6) is 0.633. The summed E-state index contributed by atoms with van der Waals surface area (Å²) in [5.41, 5.74) is 7.17. The number of esters is 1. The van der Waals surface area contributed by atoms with Crippen LogP contribution in [-0.4, -0.2) is 32.1 Å². The van der Waals surface area contributed by atoms with Gasteiger partial charge in [0.15, 0.2) is 0 Å². The largest absolute Gasteiger partial charge is 0.462 e. The number of aryl methyl sites for hydroxylation is 1. The number of carbonyl (C=O) groups excluding carboxylic acids is 1. The van der Waals surface area contributed by atoms with E-state index >= 15 is 0 Å². The van der Waals surface area contributed by atoms with Gasteiger partial charge in [0.05, 0.1) is 36.4 Å². The number of rotatable bonds is 6. The van der Waals surface area contributed by atoms with E-state index in [0.29, 0.717) is 30.0 Å². The molecule has 2 saturated carbocycles. The van der Waals surface area contributed by atoms with Crippen LogP contribution in [0.2, 0.25) is 0 Å². The van der Waals surface area contributed by atoms with Crippen molar-refractivity contribution in [3.63, 3.8) is 0 Å². The second-order valence-corrected chi connectivity index (χ2v) is 11.3. The summed E-state index contributed by atoms with van der Waals surface area (Å²) >= 11 is 0. The summed E-state index contributed by atoms with van der Waals surface area (Å²) in [6.45, 7) is 6.96. The summed E-state index contributed by atoms with van der Waals surface area (Å²) in [7, 11) is 0. The quantitative estimate of drug-likeness (QED) is 0.398. The molecule has 2 aromatic heterocycles. The fourth-order valence-electron chi connectivity index (χ4n) is 6.45. The number of nitrogens with zero attached hydrogens (tertiary/aromatic N) is 4. The van der Waals surface area contributed by atoms with Gasteiger partial charge < -0.3 is 4.74 Å². The zero-order valence-electron chi connectivity index (χ0n) is 21.2. The highest BCUT2D eigenvalue weighted by Crippen LogP contribution is 2.45. The lowest BCUT2D eigenvalue weighted by Crippen LogP contribution is -2.25. The van der Waals surface area contributed by atoms with Crippen LogP contribution in [0.1, 0.15) is 116 Å². The molecule has 6 rings (SSSR count). The first-order chi connectivity index (χ1) is 17.0. The van der Waals surface area contributed by atoms with Crippen molar-refractivity contribution in [3.8, 4) is 5.69 Å². The van der Waals surface area contributed by atoms with Gasteiger partial charge >= 0.3 is 5.97 Å². The zero-order chi connectivity index (χ0) is 24.2. The Morgan fingerprint density at radius 1 is 1.11 bits per heavy atom. The standard InChI is InChI=1S/C29H36N4O2/c1-4-35-28(34)25-18-31-32(26(25)19-11-12-19)23-9-5-7-20(15-23)21-8-6-10-24(16-21)33-27-22(17-30-33)13-14-29(27,2)3/h5,7,9,15,17-19,21,24H,4,6,8,10-14,16H2,1-3H3/t21-,24-/m1/s1. The van der Waals surface area contributed by atoms with Crippen LogP contribution in [0.4, 0.5) is 0 Å². The van der Waals surface area contributed by atoms with E-state index in [1.807, 2.05) is 11.6 Å². The van der Waals surface area contributed by atoms with Crippen LogP contribution in [0, 0.1) is 0 Å². The molecule has 0 aliphatic heterocycles. The monoisotopic (exact) mass is 472 g/mol. The van der Waals surface area contributed by atoms with Crippen molar-refractivity contribution < 1.29 is 9.53 Å². The van der Waals surface area contributed by atoms with Gasteiger partial charge in [0, 0.05) is 17.0 Å². The minimum atomic E-state index is -0.262. The smallest absolute Gasteiger partial charge is 0.341 e. The lowest BCUT2D eigenvalue weighted by Gasteiger charge is -2.33. The normalized spacial score (nSPS) is 23.3. The van der Waals surface area contributed by atoms with Crippen LogP contribution in [-0.2, 0) is 16.6 Å². The van der Waals surface area contributed by atoms with Crippen molar-refractivity contribution in [2.45, 2.75) is 95.4 Å². The van der Waals surface area contributed by atoms with Gasteiger partial charge in [-0.25, -0.2) is 9.48 Å². The molecule has 0 radical (unpaired) electrons. The van der Waals surface area contributed by atoms with Gasteiger partial charge in [0.25, 0.3) is 0 Å². The van der Waals surface area contributed by atoms with E-state index in [1.54, 1.807) is 6.20 Å². The SMILES string of the molecule is CCOC(=O)c1cnn(-c2cccc([C@@H]3CCC[C@@H](n4ncc5c4C(C)(C)CC5)C3)c2)c1C1CC1. The molecule has 0 N–H and O–H groups in total. The van der Waals surface area contributed by atoms with E-state index < -0.39 is 0 Å². The molecule has 35 heavy (non-hydrogen) atoms. The first kappa shape index (κ1) is 22.6. The second kappa shape index (κ2) is 8.65. The van der Waals surface area contributed by atoms with Crippen LogP contribution in [0.25, 0.3) is 5.69 Å². The van der Waals surface area contributed by atoms with Crippen molar-refractivity contribution in [1.82, 2.24) is 19.6 Å². The van der Waals surface area contributed by atoms with Crippen molar-refractivity contribution in [1.29, 1.82) is 0 Å². The van der Waals surface area contributed by atoms with E-state index in [4.69, 9.17) is 9.84 Å². The summed E-state index contributed by atoms with van der Waals surface area (Å²) in [4.78, 5) is 12.5. The van der Waals surface area contributed by atoms with Crippen molar-refractivity contribution >= 4 is 5.97 Å². The molecule has 0 unspecified atom stereocenters. The van der Waals surface area contributed by atoms with Gasteiger partial charge in [-0.05, 0) is 81.0 Å². The van der Waals surface area contributed by atoms with Crippen LogP contribution in [0.3, 0.4) is 0 Å². The molecule has 6 nitrogen and oxygen atoms in total. The van der Waals surface area contributed by atoms with E-state index in [-0.39, 0.29) is 11.4 Å². The van der Waals surface area contributed by atoms with Gasteiger partial charge in [-0.3, -0.25) is 4.68 Å². The predicted octanol–water partition coefficient (Wildman–Crippen LogP) is 6.25. The molecule has 3 aromatic rings. The summed E-state index contributed by atoms with van der Waals surface area (Å²) < 4.78 is 9.67. The number of ether oxygens (including phenoxy) is 1.